The van der Waals surface area contributed by atoms with Crippen molar-refractivity contribution in [1.29, 1.82) is 0 Å². The Morgan fingerprint density at radius 2 is 1.83 bits per heavy atom. The maximum Gasteiger partial charge on any atom is 0.223 e. The van der Waals surface area contributed by atoms with Crippen LogP contribution in [-0.2, 0) is 16.0 Å². The van der Waals surface area contributed by atoms with Crippen LogP contribution in [0.2, 0.25) is 0 Å². The summed E-state index contributed by atoms with van der Waals surface area (Å²) < 4.78 is 16.4. The first kappa shape index (κ1) is 18.6. The van der Waals surface area contributed by atoms with E-state index in [1.54, 1.807) is 14.2 Å². The number of hydrogen-bond acceptors (Lipinski definition) is 4. The predicted octanol–water partition coefficient (Wildman–Crippen LogP) is 2.91. The largest absolute Gasteiger partial charge is 0.497 e. The van der Waals surface area contributed by atoms with Gasteiger partial charge in [0.2, 0.25) is 5.91 Å². The van der Waals surface area contributed by atoms with E-state index in [0.29, 0.717) is 32.5 Å². The third-order valence-electron chi connectivity index (χ3n) is 4.42. The van der Waals surface area contributed by atoms with E-state index >= 15 is 0 Å². The van der Waals surface area contributed by atoms with Gasteiger partial charge in [0.05, 0.1) is 26.9 Å². The molecular formula is C19H29NO4. The molecule has 0 saturated carbocycles. The summed E-state index contributed by atoms with van der Waals surface area (Å²) in [4.78, 5) is 14.5. The molecule has 0 bridgehead atoms. The van der Waals surface area contributed by atoms with E-state index in [1.807, 2.05) is 23.1 Å². The van der Waals surface area contributed by atoms with Crippen molar-refractivity contribution in [3.63, 3.8) is 0 Å². The van der Waals surface area contributed by atoms with Crippen LogP contribution in [0.3, 0.4) is 0 Å². The quantitative estimate of drug-likeness (QED) is 0.830. The molecule has 0 aromatic heterocycles. The molecule has 0 spiro atoms. The highest BCUT2D eigenvalue weighted by Gasteiger charge is 2.32. The standard InChI is InChI=1S/C19H29NO4/c1-19(2,3)17-13-20(8-9-24-17)18(21)7-6-14-10-15(22-4)12-16(11-14)23-5/h10-12,17H,6-9,13H2,1-5H3/t17-/m0/s1. The van der Waals surface area contributed by atoms with E-state index in [0.717, 1.165) is 17.1 Å². The average molecular weight is 335 g/mol. The van der Waals surface area contributed by atoms with Crippen LogP contribution in [-0.4, -0.2) is 50.8 Å². The number of aryl methyl sites for hydroxylation is 1. The second kappa shape index (κ2) is 7.88. The van der Waals surface area contributed by atoms with Gasteiger partial charge in [0.1, 0.15) is 11.5 Å². The van der Waals surface area contributed by atoms with Crippen molar-refractivity contribution in [3.8, 4) is 11.5 Å². The highest BCUT2D eigenvalue weighted by Crippen LogP contribution is 2.26. The maximum absolute atomic E-state index is 12.6. The van der Waals surface area contributed by atoms with E-state index in [2.05, 4.69) is 20.8 Å². The van der Waals surface area contributed by atoms with Crippen molar-refractivity contribution in [2.45, 2.75) is 39.7 Å². The van der Waals surface area contributed by atoms with E-state index < -0.39 is 0 Å². The average Bonchev–Trinajstić information content (AvgIpc) is 2.58. The molecule has 1 aliphatic rings. The number of benzene rings is 1. The first-order valence-corrected chi connectivity index (χ1v) is 8.45. The van der Waals surface area contributed by atoms with Gasteiger partial charge in [-0.25, -0.2) is 0 Å². The molecule has 0 radical (unpaired) electrons. The molecule has 1 aromatic carbocycles. The molecule has 5 nitrogen and oxygen atoms in total. The lowest BCUT2D eigenvalue weighted by molar-refractivity contribution is -0.143. The number of morpholine rings is 1. The Kier molecular flexibility index (Phi) is 6.10. The summed E-state index contributed by atoms with van der Waals surface area (Å²) in [7, 11) is 3.26. The first-order chi connectivity index (χ1) is 11.3. The molecule has 0 unspecified atom stereocenters. The molecular weight excluding hydrogens is 306 g/mol. The van der Waals surface area contributed by atoms with Crippen molar-refractivity contribution in [2.75, 3.05) is 33.9 Å². The fourth-order valence-electron chi connectivity index (χ4n) is 2.82. The Balaban J connectivity index is 1.95. The number of methoxy groups -OCH3 is 2. The molecule has 2 rings (SSSR count). The fourth-order valence-corrected chi connectivity index (χ4v) is 2.82. The van der Waals surface area contributed by atoms with Crippen molar-refractivity contribution in [1.82, 2.24) is 4.90 Å². The van der Waals surface area contributed by atoms with Gasteiger partial charge in [-0.3, -0.25) is 4.79 Å². The molecule has 1 aromatic rings. The van der Waals surface area contributed by atoms with E-state index in [-0.39, 0.29) is 17.4 Å². The molecule has 5 heteroatoms. The molecule has 1 saturated heterocycles. The molecule has 1 aliphatic heterocycles. The summed E-state index contributed by atoms with van der Waals surface area (Å²) in [6.07, 6.45) is 1.24. The summed E-state index contributed by atoms with van der Waals surface area (Å²) in [5, 5.41) is 0. The van der Waals surface area contributed by atoms with Crippen molar-refractivity contribution >= 4 is 5.91 Å². The van der Waals surface area contributed by atoms with Crippen molar-refractivity contribution in [2.24, 2.45) is 5.41 Å². The van der Waals surface area contributed by atoms with Crippen molar-refractivity contribution < 1.29 is 19.0 Å². The van der Waals surface area contributed by atoms with Crippen LogP contribution >= 0.6 is 0 Å². The Morgan fingerprint density at radius 1 is 1.21 bits per heavy atom. The summed E-state index contributed by atoms with van der Waals surface area (Å²) in [6.45, 7) is 8.40. The van der Waals surface area contributed by atoms with Gasteiger partial charge in [-0.2, -0.15) is 0 Å². The van der Waals surface area contributed by atoms with Gasteiger partial charge >= 0.3 is 0 Å². The maximum atomic E-state index is 12.6. The van der Waals surface area contributed by atoms with Crippen LogP contribution in [0.25, 0.3) is 0 Å². The molecule has 1 fully saturated rings. The second-order valence-corrected chi connectivity index (χ2v) is 7.29. The summed E-state index contributed by atoms with van der Waals surface area (Å²) in [5.41, 5.74) is 1.08. The lowest BCUT2D eigenvalue weighted by atomic mass is 9.88. The minimum atomic E-state index is 0.0408. The third-order valence-corrected chi connectivity index (χ3v) is 4.42. The number of amides is 1. The third kappa shape index (κ3) is 4.87. The Labute approximate surface area is 144 Å². The molecule has 1 heterocycles. The van der Waals surface area contributed by atoms with Gasteiger partial charge in [0, 0.05) is 25.6 Å². The number of nitrogens with zero attached hydrogens (tertiary/aromatic N) is 1. The Hall–Kier alpha value is -1.75. The van der Waals surface area contributed by atoms with Crippen LogP contribution < -0.4 is 9.47 Å². The van der Waals surface area contributed by atoms with Crippen LogP contribution in [0, 0.1) is 5.41 Å². The first-order valence-electron chi connectivity index (χ1n) is 8.45. The zero-order valence-electron chi connectivity index (χ0n) is 15.4. The molecule has 134 valence electrons. The molecule has 1 amide bonds. The van der Waals surface area contributed by atoms with Gasteiger partial charge in [-0.05, 0) is 29.5 Å². The monoisotopic (exact) mass is 335 g/mol. The molecule has 0 aliphatic carbocycles. The number of hydrogen-bond donors (Lipinski definition) is 0. The zero-order valence-corrected chi connectivity index (χ0v) is 15.4. The summed E-state index contributed by atoms with van der Waals surface area (Å²) in [5.74, 6) is 1.67. The van der Waals surface area contributed by atoms with Gasteiger partial charge < -0.3 is 19.1 Å². The van der Waals surface area contributed by atoms with Crippen LogP contribution in [0.1, 0.15) is 32.8 Å². The SMILES string of the molecule is COc1cc(CCC(=O)N2CCO[C@H](C(C)(C)C)C2)cc(OC)c1. The minimum Gasteiger partial charge on any atom is -0.497 e. The lowest BCUT2D eigenvalue weighted by Gasteiger charge is -2.39. The summed E-state index contributed by atoms with van der Waals surface area (Å²) in [6, 6.07) is 5.74. The van der Waals surface area contributed by atoms with Crippen LogP contribution in [0.4, 0.5) is 0 Å². The van der Waals surface area contributed by atoms with Gasteiger partial charge in [-0.1, -0.05) is 20.8 Å². The number of rotatable bonds is 5. The molecule has 0 N–H and O–H groups in total. The number of ether oxygens (including phenoxy) is 3. The van der Waals surface area contributed by atoms with Gasteiger partial charge in [0.15, 0.2) is 0 Å². The fraction of sp³-hybridized carbons (Fsp3) is 0.632. The van der Waals surface area contributed by atoms with E-state index in [9.17, 15) is 4.79 Å². The predicted molar refractivity (Wildman–Crippen MR) is 93.6 cm³/mol. The van der Waals surface area contributed by atoms with Crippen molar-refractivity contribution in [3.05, 3.63) is 23.8 Å². The van der Waals surface area contributed by atoms with Crippen LogP contribution in [0.5, 0.6) is 11.5 Å². The molecule has 1 atom stereocenters. The normalized spacial score (nSPS) is 18.4. The topological polar surface area (TPSA) is 48.0 Å². The second-order valence-electron chi connectivity index (χ2n) is 7.29. The van der Waals surface area contributed by atoms with Gasteiger partial charge in [0.25, 0.3) is 0 Å². The Morgan fingerprint density at radius 3 is 2.38 bits per heavy atom. The summed E-state index contributed by atoms with van der Waals surface area (Å²) >= 11 is 0. The Bertz CT molecular complexity index is 543. The van der Waals surface area contributed by atoms with Gasteiger partial charge in [-0.15, -0.1) is 0 Å². The zero-order chi connectivity index (χ0) is 17.7. The minimum absolute atomic E-state index is 0.0408. The van der Waals surface area contributed by atoms with Crippen LogP contribution in [0.15, 0.2) is 18.2 Å². The smallest absolute Gasteiger partial charge is 0.223 e. The van der Waals surface area contributed by atoms with E-state index in [1.165, 1.54) is 0 Å². The lowest BCUT2D eigenvalue weighted by Crippen LogP contribution is -2.50. The number of carbonyl (C=O) groups excluding carboxylic acids is 1. The molecule has 24 heavy (non-hydrogen) atoms. The highest BCUT2D eigenvalue weighted by molar-refractivity contribution is 5.76. The van der Waals surface area contributed by atoms with E-state index in [4.69, 9.17) is 14.2 Å². The highest BCUT2D eigenvalue weighted by atomic mass is 16.5. The number of carbonyl (C=O) groups is 1.